The molecule has 3 nitrogen and oxygen atoms in total. The van der Waals surface area contributed by atoms with Crippen molar-refractivity contribution in [3.05, 3.63) is 103 Å². The molecule has 34 heavy (non-hydrogen) atoms. The van der Waals surface area contributed by atoms with Crippen LogP contribution in [0.5, 0.6) is 0 Å². The highest BCUT2D eigenvalue weighted by Gasteiger charge is 2.19. The molecule has 0 aliphatic heterocycles. The van der Waals surface area contributed by atoms with Gasteiger partial charge in [0.05, 0.1) is 11.0 Å². The molecule has 0 N–H and O–H groups in total. The molecule has 0 atom stereocenters. The Labute approximate surface area is 195 Å². The second-order valence-electron chi connectivity index (χ2n) is 9.06. The molecule has 3 heteroatoms. The first-order valence-corrected chi connectivity index (χ1v) is 11.6. The van der Waals surface area contributed by atoms with Crippen LogP contribution in [0.2, 0.25) is 0 Å². The highest BCUT2D eigenvalue weighted by molar-refractivity contribution is 6.28. The van der Waals surface area contributed by atoms with Crippen molar-refractivity contribution in [2.45, 2.75) is 0 Å². The van der Waals surface area contributed by atoms with Crippen LogP contribution in [-0.4, -0.2) is 9.13 Å². The summed E-state index contributed by atoms with van der Waals surface area (Å²) in [6.07, 6.45) is 0. The number of hydrogen-bond acceptors (Lipinski definition) is 1. The van der Waals surface area contributed by atoms with Crippen LogP contribution in [-0.2, 0) is 7.05 Å². The fourth-order valence-corrected chi connectivity index (χ4v) is 5.84. The third-order valence-corrected chi connectivity index (χ3v) is 7.33. The summed E-state index contributed by atoms with van der Waals surface area (Å²) >= 11 is 0. The summed E-state index contributed by atoms with van der Waals surface area (Å²) in [7, 11) is 2.16. The van der Waals surface area contributed by atoms with Gasteiger partial charge in [-0.3, -0.25) is 0 Å². The van der Waals surface area contributed by atoms with Gasteiger partial charge >= 0.3 is 0 Å². The van der Waals surface area contributed by atoms with Crippen LogP contribution in [0, 0.1) is 0 Å². The van der Waals surface area contributed by atoms with E-state index in [0.29, 0.717) is 0 Å². The summed E-state index contributed by atoms with van der Waals surface area (Å²) in [5.41, 5.74) is 7.93. The van der Waals surface area contributed by atoms with Crippen LogP contribution in [0.15, 0.2) is 108 Å². The lowest BCUT2D eigenvalue weighted by Gasteiger charge is -2.08. The molecule has 0 saturated heterocycles. The normalized spacial score (nSPS) is 12.3. The molecule has 0 radical (unpaired) electrons. The molecule has 5 aromatic carbocycles. The Morgan fingerprint density at radius 3 is 1.97 bits per heavy atom. The minimum absolute atomic E-state index is 0.919. The number of furan rings is 1. The second-order valence-corrected chi connectivity index (χ2v) is 9.06. The Bertz CT molecular complexity index is 2080. The molecule has 0 spiro atoms. The molecule has 8 rings (SSSR count). The highest BCUT2D eigenvalue weighted by Crippen LogP contribution is 2.41. The largest absolute Gasteiger partial charge is 0.456 e. The Kier molecular flexibility index (Phi) is 3.33. The Balaban J connectivity index is 1.56. The van der Waals surface area contributed by atoms with Crippen molar-refractivity contribution in [1.29, 1.82) is 0 Å². The SMILES string of the molecule is Cn1c2ccccc2c2c3c4ccccc4n(-c4ccc5oc6ccccc6c5c4)c3ccc21. The number of benzene rings is 5. The third kappa shape index (κ3) is 2.16. The van der Waals surface area contributed by atoms with Crippen molar-refractivity contribution in [1.82, 2.24) is 9.13 Å². The van der Waals surface area contributed by atoms with E-state index in [9.17, 15) is 0 Å². The van der Waals surface area contributed by atoms with E-state index >= 15 is 0 Å². The van der Waals surface area contributed by atoms with Crippen LogP contribution in [0.25, 0.3) is 71.2 Å². The number of nitrogens with zero attached hydrogens (tertiary/aromatic N) is 2. The molecule has 0 fully saturated rings. The van der Waals surface area contributed by atoms with Crippen molar-refractivity contribution in [3.63, 3.8) is 0 Å². The lowest BCUT2D eigenvalue weighted by atomic mass is 10.1. The third-order valence-electron chi connectivity index (χ3n) is 7.33. The van der Waals surface area contributed by atoms with Gasteiger partial charge in [0.15, 0.2) is 0 Å². The maximum atomic E-state index is 6.10. The fraction of sp³-hybridized carbons (Fsp3) is 0.0323. The zero-order valence-electron chi connectivity index (χ0n) is 18.6. The van der Waals surface area contributed by atoms with Crippen molar-refractivity contribution < 1.29 is 4.42 Å². The van der Waals surface area contributed by atoms with E-state index in [1.165, 1.54) is 43.6 Å². The molecule has 0 aliphatic rings. The van der Waals surface area contributed by atoms with Crippen LogP contribution in [0.1, 0.15) is 0 Å². The average Bonchev–Trinajstić information content (AvgIpc) is 3.52. The maximum Gasteiger partial charge on any atom is 0.135 e. The van der Waals surface area contributed by atoms with Crippen molar-refractivity contribution in [3.8, 4) is 5.69 Å². The summed E-state index contributed by atoms with van der Waals surface area (Å²) in [4.78, 5) is 0. The number of fused-ring (bicyclic) bond motifs is 10. The van der Waals surface area contributed by atoms with Gasteiger partial charge < -0.3 is 13.6 Å². The topological polar surface area (TPSA) is 23.0 Å². The van der Waals surface area contributed by atoms with Crippen molar-refractivity contribution in [2.24, 2.45) is 7.05 Å². The molecule has 0 amide bonds. The van der Waals surface area contributed by atoms with E-state index in [2.05, 4.69) is 107 Å². The molecule has 0 saturated carbocycles. The molecule has 3 heterocycles. The zero-order chi connectivity index (χ0) is 22.4. The van der Waals surface area contributed by atoms with Gasteiger partial charge in [0, 0.05) is 56.1 Å². The lowest BCUT2D eigenvalue weighted by molar-refractivity contribution is 0.669. The number of aryl methyl sites for hydroxylation is 1. The average molecular weight is 437 g/mol. The van der Waals surface area contributed by atoms with E-state index in [4.69, 9.17) is 4.42 Å². The van der Waals surface area contributed by atoms with E-state index in [0.717, 1.165) is 27.6 Å². The second kappa shape index (κ2) is 6.30. The molecular weight excluding hydrogens is 416 g/mol. The summed E-state index contributed by atoms with van der Waals surface area (Å²) in [6, 6.07) is 36.8. The van der Waals surface area contributed by atoms with E-state index in [1.54, 1.807) is 0 Å². The zero-order valence-corrected chi connectivity index (χ0v) is 18.6. The van der Waals surface area contributed by atoms with Gasteiger partial charge in [0.2, 0.25) is 0 Å². The predicted molar refractivity (Wildman–Crippen MR) is 142 cm³/mol. The van der Waals surface area contributed by atoms with Crippen LogP contribution in [0.4, 0.5) is 0 Å². The van der Waals surface area contributed by atoms with Crippen LogP contribution in [0.3, 0.4) is 0 Å². The van der Waals surface area contributed by atoms with Crippen molar-refractivity contribution in [2.75, 3.05) is 0 Å². The predicted octanol–water partition coefficient (Wildman–Crippen LogP) is 8.33. The minimum Gasteiger partial charge on any atom is -0.456 e. The maximum absolute atomic E-state index is 6.10. The van der Waals surface area contributed by atoms with Gasteiger partial charge in [-0.1, -0.05) is 54.6 Å². The van der Waals surface area contributed by atoms with E-state index in [1.807, 2.05) is 12.1 Å². The van der Waals surface area contributed by atoms with E-state index < -0.39 is 0 Å². The lowest BCUT2D eigenvalue weighted by Crippen LogP contribution is -1.93. The van der Waals surface area contributed by atoms with E-state index in [-0.39, 0.29) is 0 Å². The Morgan fingerprint density at radius 1 is 0.500 bits per heavy atom. The number of hydrogen-bond donors (Lipinski definition) is 0. The van der Waals surface area contributed by atoms with Gasteiger partial charge in [-0.25, -0.2) is 0 Å². The molecule has 160 valence electrons. The fourth-order valence-electron chi connectivity index (χ4n) is 5.84. The first-order valence-electron chi connectivity index (χ1n) is 11.6. The van der Waals surface area contributed by atoms with Gasteiger partial charge in [-0.15, -0.1) is 0 Å². The molecule has 0 aliphatic carbocycles. The Morgan fingerprint density at radius 2 is 1.12 bits per heavy atom. The van der Waals surface area contributed by atoms with Gasteiger partial charge in [0.1, 0.15) is 11.2 Å². The number of rotatable bonds is 1. The first kappa shape index (κ1) is 18.0. The van der Waals surface area contributed by atoms with Gasteiger partial charge in [0.25, 0.3) is 0 Å². The van der Waals surface area contributed by atoms with Crippen molar-refractivity contribution >= 4 is 65.6 Å². The molecule has 0 unspecified atom stereocenters. The molecular formula is C31H20N2O. The molecule has 3 aromatic heterocycles. The Hall–Kier alpha value is -4.50. The quantitative estimate of drug-likeness (QED) is 0.254. The smallest absolute Gasteiger partial charge is 0.135 e. The summed E-state index contributed by atoms with van der Waals surface area (Å²) in [5.74, 6) is 0. The standard InChI is InChI=1S/C31H20N2O/c1-32-24-11-5-2-9-21(24)30-26(32)15-16-27-31(30)22-10-3-6-12-25(22)33(27)19-14-17-29-23(18-19)20-8-4-7-13-28(20)34-29/h2-18H,1H3. The van der Waals surface area contributed by atoms with Gasteiger partial charge in [-0.2, -0.15) is 0 Å². The molecule has 0 bridgehead atoms. The van der Waals surface area contributed by atoms with Gasteiger partial charge in [-0.05, 0) is 48.5 Å². The molecule has 8 aromatic rings. The summed E-state index contributed by atoms with van der Waals surface area (Å²) < 4.78 is 10.8. The number of para-hydroxylation sites is 3. The van der Waals surface area contributed by atoms with Crippen LogP contribution >= 0.6 is 0 Å². The highest BCUT2D eigenvalue weighted by atomic mass is 16.3. The van der Waals surface area contributed by atoms with Crippen LogP contribution < -0.4 is 0 Å². The summed E-state index contributed by atoms with van der Waals surface area (Å²) in [5, 5.41) is 7.49. The summed E-state index contributed by atoms with van der Waals surface area (Å²) in [6.45, 7) is 0. The monoisotopic (exact) mass is 436 g/mol. The first-order chi connectivity index (χ1) is 16.8. The number of aromatic nitrogens is 2. The minimum atomic E-state index is 0.919.